The van der Waals surface area contributed by atoms with Gasteiger partial charge < -0.3 is 9.30 Å². The molecule has 0 aliphatic heterocycles. The van der Waals surface area contributed by atoms with Gasteiger partial charge in [-0.25, -0.2) is 0 Å². The molecule has 1 rings (SSSR count). The molecule has 0 fully saturated rings. The van der Waals surface area contributed by atoms with Gasteiger partial charge in [-0.2, -0.15) is 0 Å². The minimum atomic E-state index is -0.259. The van der Waals surface area contributed by atoms with Crippen LogP contribution in [0.25, 0.3) is 0 Å². The molecule has 0 aromatic carbocycles. The van der Waals surface area contributed by atoms with Gasteiger partial charge in [0, 0.05) is 6.20 Å². The van der Waals surface area contributed by atoms with Crippen LogP contribution < -0.4 is 0 Å². The summed E-state index contributed by atoms with van der Waals surface area (Å²) in [5.41, 5.74) is 0. The van der Waals surface area contributed by atoms with Crippen LogP contribution in [0.1, 0.15) is 6.92 Å². The second-order valence-electron chi connectivity index (χ2n) is 2.47. The van der Waals surface area contributed by atoms with E-state index in [1.54, 1.807) is 23.8 Å². The Morgan fingerprint density at radius 1 is 1.62 bits per heavy atom. The lowest BCUT2D eigenvalue weighted by Crippen LogP contribution is -2.13. The topological polar surface area (TPSA) is 31.2 Å². The van der Waals surface area contributed by atoms with Crippen molar-refractivity contribution in [2.45, 2.75) is 13.5 Å². The first kappa shape index (κ1) is 9.92. The molecule has 0 saturated carbocycles. The first-order chi connectivity index (χ1) is 6.24. The van der Waals surface area contributed by atoms with E-state index in [4.69, 9.17) is 17.0 Å². The third-order valence-electron chi connectivity index (χ3n) is 1.50. The number of carbonyl (C=O) groups is 1. The predicted octanol–water partition coefficient (Wildman–Crippen LogP) is 1.78. The number of carbonyl (C=O) groups excluding carboxylic acids is 1. The maximum Gasteiger partial charge on any atom is 0.325 e. The summed E-state index contributed by atoms with van der Waals surface area (Å²) >= 11 is 5.01. The van der Waals surface area contributed by atoms with Gasteiger partial charge in [-0.3, -0.25) is 4.79 Å². The number of ether oxygens (including phenoxy) is 1. The average molecular weight is 197 g/mol. The van der Waals surface area contributed by atoms with Crippen molar-refractivity contribution in [2.24, 2.45) is 0 Å². The summed E-state index contributed by atoms with van der Waals surface area (Å²) in [6.07, 6.45) is 1.76. The molecule has 13 heavy (non-hydrogen) atoms. The standard InChI is InChI=1S/C9H11NO2S/c1-2-12-9(11)7-10-6-4-3-5-8(10)13/h3-6H,2,7H2,1H3. The van der Waals surface area contributed by atoms with Crippen molar-refractivity contribution < 1.29 is 9.53 Å². The summed E-state index contributed by atoms with van der Waals surface area (Å²) < 4.78 is 7.10. The van der Waals surface area contributed by atoms with E-state index in [0.29, 0.717) is 11.2 Å². The highest BCUT2D eigenvalue weighted by atomic mass is 32.1. The van der Waals surface area contributed by atoms with Gasteiger partial charge in [0.2, 0.25) is 0 Å². The van der Waals surface area contributed by atoms with Crippen LogP contribution >= 0.6 is 12.2 Å². The zero-order valence-electron chi connectivity index (χ0n) is 7.40. The molecule has 0 bridgehead atoms. The van der Waals surface area contributed by atoms with Crippen LogP contribution in [0.4, 0.5) is 0 Å². The van der Waals surface area contributed by atoms with Gasteiger partial charge in [-0.1, -0.05) is 18.3 Å². The average Bonchev–Trinajstić information content (AvgIpc) is 2.09. The van der Waals surface area contributed by atoms with Crippen LogP contribution in [0.5, 0.6) is 0 Å². The highest BCUT2D eigenvalue weighted by Gasteiger charge is 2.01. The molecule has 0 unspecified atom stereocenters. The molecular formula is C9H11NO2S. The van der Waals surface area contributed by atoms with E-state index in [9.17, 15) is 4.79 Å². The Hall–Kier alpha value is -1.16. The fourth-order valence-corrected chi connectivity index (χ4v) is 1.14. The maximum atomic E-state index is 11.1. The first-order valence-corrected chi connectivity index (χ1v) is 4.46. The Balaban J connectivity index is 2.69. The minimum absolute atomic E-state index is 0.188. The van der Waals surface area contributed by atoms with Crippen molar-refractivity contribution in [1.82, 2.24) is 4.57 Å². The highest BCUT2D eigenvalue weighted by molar-refractivity contribution is 7.71. The number of pyridine rings is 1. The van der Waals surface area contributed by atoms with E-state index in [1.807, 2.05) is 12.1 Å². The Morgan fingerprint density at radius 3 is 3.00 bits per heavy atom. The lowest BCUT2D eigenvalue weighted by atomic mass is 10.5. The molecule has 0 aliphatic rings. The highest BCUT2D eigenvalue weighted by Crippen LogP contribution is 1.94. The van der Waals surface area contributed by atoms with Crippen molar-refractivity contribution >= 4 is 18.2 Å². The van der Waals surface area contributed by atoms with E-state index >= 15 is 0 Å². The van der Waals surface area contributed by atoms with Gasteiger partial charge in [0.25, 0.3) is 0 Å². The minimum Gasteiger partial charge on any atom is -0.465 e. The third-order valence-corrected chi connectivity index (χ3v) is 1.87. The lowest BCUT2D eigenvalue weighted by molar-refractivity contribution is -0.143. The molecule has 0 aliphatic carbocycles. The molecule has 70 valence electrons. The molecule has 0 N–H and O–H groups in total. The molecule has 0 amide bonds. The summed E-state index contributed by atoms with van der Waals surface area (Å²) in [5, 5.41) is 0. The van der Waals surface area contributed by atoms with E-state index in [0.717, 1.165) is 0 Å². The van der Waals surface area contributed by atoms with Crippen molar-refractivity contribution in [2.75, 3.05) is 6.61 Å². The SMILES string of the molecule is CCOC(=O)Cn1ccccc1=S. The molecule has 1 heterocycles. The van der Waals surface area contributed by atoms with Gasteiger partial charge in [0.1, 0.15) is 11.2 Å². The van der Waals surface area contributed by atoms with Gasteiger partial charge in [-0.15, -0.1) is 0 Å². The summed E-state index contributed by atoms with van der Waals surface area (Å²) in [6.45, 7) is 2.37. The summed E-state index contributed by atoms with van der Waals surface area (Å²) in [6, 6.07) is 5.44. The van der Waals surface area contributed by atoms with Crippen LogP contribution in [0.15, 0.2) is 24.4 Å². The van der Waals surface area contributed by atoms with Crippen LogP contribution in [0.3, 0.4) is 0 Å². The summed E-state index contributed by atoms with van der Waals surface area (Å²) in [7, 11) is 0. The summed E-state index contributed by atoms with van der Waals surface area (Å²) in [5.74, 6) is -0.259. The van der Waals surface area contributed by atoms with Crippen LogP contribution in [0.2, 0.25) is 0 Å². The number of rotatable bonds is 3. The zero-order valence-corrected chi connectivity index (χ0v) is 8.21. The number of aromatic nitrogens is 1. The molecule has 4 heteroatoms. The summed E-state index contributed by atoms with van der Waals surface area (Å²) in [4.78, 5) is 11.1. The van der Waals surface area contributed by atoms with E-state index in [1.165, 1.54) is 0 Å². The zero-order chi connectivity index (χ0) is 9.68. The van der Waals surface area contributed by atoms with Gasteiger partial charge in [-0.05, 0) is 19.1 Å². The van der Waals surface area contributed by atoms with Crippen LogP contribution in [-0.4, -0.2) is 17.1 Å². The Morgan fingerprint density at radius 2 is 2.38 bits per heavy atom. The lowest BCUT2D eigenvalue weighted by Gasteiger charge is -2.05. The first-order valence-electron chi connectivity index (χ1n) is 4.05. The van der Waals surface area contributed by atoms with Crippen molar-refractivity contribution in [3.8, 4) is 0 Å². The fraction of sp³-hybridized carbons (Fsp3) is 0.333. The molecule has 1 aromatic heterocycles. The van der Waals surface area contributed by atoms with Gasteiger partial charge in [0.15, 0.2) is 0 Å². The van der Waals surface area contributed by atoms with Crippen molar-refractivity contribution in [3.05, 3.63) is 29.0 Å². The van der Waals surface area contributed by atoms with Crippen LogP contribution in [-0.2, 0) is 16.1 Å². The van der Waals surface area contributed by atoms with Crippen molar-refractivity contribution in [3.63, 3.8) is 0 Å². The molecule has 0 radical (unpaired) electrons. The Kier molecular flexibility index (Phi) is 3.64. The Labute approximate surface area is 82.0 Å². The van der Waals surface area contributed by atoms with E-state index < -0.39 is 0 Å². The maximum absolute atomic E-state index is 11.1. The second-order valence-corrected chi connectivity index (χ2v) is 2.89. The number of hydrogen-bond donors (Lipinski definition) is 0. The quantitative estimate of drug-likeness (QED) is 0.546. The molecule has 3 nitrogen and oxygen atoms in total. The van der Waals surface area contributed by atoms with Gasteiger partial charge >= 0.3 is 5.97 Å². The number of nitrogens with zero attached hydrogens (tertiary/aromatic N) is 1. The molecule has 1 aromatic rings. The molecule has 0 atom stereocenters. The van der Waals surface area contributed by atoms with E-state index in [-0.39, 0.29) is 12.5 Å². The molecule has 0 spiro atoms. The Bertz CT molecular complexity index is 345. The molecular weight excluding hydrogens is 186 g/mol. The molecule has 0 saturated heterocycles. The van der Waals surface area contributed by atoms with E-state index in [2.05, 4.69) is 0 Å². The van der Waals surface area contributed by atoms with Gasteiger partial charge in [0.05, 0.1) is 6.61 Å². The normalized spacial score (nSPS) is 9.62. The third kappa shape index (κ3) is 2.99. The largest absolute Gasteiger partial charge is 0.465 e. The van der Waals surface area contributed by atoms with Crippen molar-refractivity contribution in [1.29, 1.82) is 0 Å². The number of esters is 1. The number of hydrogen-bond acceptors (Lipinski definition) is 3. The predicted molar refractivity (Wildman–Crippen MR) is 51.9 cm³/mol. The van der Waals surface area contributed by atoms with Crippen LogP contribution in [0, 0.1) is 4.64 Å². The smallest absolute Gasteiger partial charge is 0.325 e. The monoisotopic (exact) mass is 197 g/mol. The second kappa shape index (κ2) is 4.77. The fourth-order valence-electron chi connectivity index (χ4n) is 0.937.